The number of nitrogens with zero attached hydrogens (tertiary/aromatic N) is 2. The van der Waals surface area contributed by atoms with Crippen molar-refractivity contribution in [2.45, 2.75) is 105 Å². The first kappa shape index (κ1) is 32.9. The molecule has 0 heterocycles. The van der Waals surface area contributed by atoms with Crippen LogP contribution in [-0.2, 0) is 4.74 Å². The van der Waals surface area contributed by atoms with E-state index in [0.717, 1.165) is 54.3 Å². The van der Waals surface area contributed by atoms with Gasteiger partial charge < -0.3 is 4.74 Å². The Morgan fingerprint density at radius 1 is 0.891 bits per heavy atom. The molecule has 2 unspecified atom stereocenters. The van der Waals surface area contributed by atoms with E-state index >= 15 is 0 Å². The Kier molecular flexibility index (Phi) is 9.74. The van der Waals surface area contributed by atoms with Crippen LogP contribution in [0, 0.1) is 52.3 Å². The summed E-state index contributed by atoms with van der Waals surface area (Å²) in [4.78, 5) is 13.2. The molecule has 3 saturated carbocycles. The zero-order valence-corrected chi connectivity index (χ0v) is 29.1. The smallest absolute Gasteiger partial charge is 0.338 e. The highest BCUT2D eigenvalue weighted by Crippen LogP contribution is 2.67. The van der Waals surface area contributed by atoms with Crippen molar-refractivity contribution >= 4 is 17.3 Å². The maximum Gasteiger partial charge on any atom is 0.338 e. The third-order valence-electron chi connectivity index (χ3n) is 13.2. The van der Waals surface area contributed by atoms with Gasteiger partial charge in [0.2, 0.25) is 0 Å². The summed E-state index contributed by atoms with van der Waals surface area (Å²) in [6, 6.07) is 16.9. The van der Waals surface area contributed by atoms with Crippen LogP contribution in [0.4, 0.5) is 11.4 Å². The number of rotatable bonds is 9. The molecule has 0 radical (unpaired) electrons. The van der Waals surface area contributed by atoms with Crippen LogP contribution in [0.3, 0.4) is 0 Å². The first-order valence-electron chi connectivity index (χ1n) is 18.3. The maximum absolute atomic E-state index is 13.2. The predicted octanol–water partition coefficient (Wildman–Crippen LogP) is 12.1. The van der Waals surface area contributed by atoms with Gasteiger partial charge in [-0.25, -0.2) is 4.79 Å². The predicted molar refractivity (Wildman–Crippen MR) is 188 cm³/mol. The van der Waals surface area contributed by atoms with Gasteiger partial charge in [0, 0.05) is 6.42 Å². The zero-order chi connectivity index (χ0) is 32.5. The molecule has 6 rings (SSSR count). The first-order valence-corrected chi connectivity index (χ1v) is 18.3. The molecule has 2 aromatic carbocycles. The third kappa shape index (κ3) is 6.43. The molecule has 4 heteroatoms. The second-order valence-corrected chi connectivity index (χ2v) is 15.9. The summed E-state index contributed by atoms with van der Waals surface area (Å²) < 4.78 is 6.12. The SMILES string of the molecule is CC[C@H](/C=C/[C@@H](C)C1CC[C@H]2[C@@H]3CC=C4CC(OC(=O)c5ccc(N=Nc6ccccc6)cc5)CC[C@]4(C)[C@H]3CC[C@]12C)C(C)C. The molecule has 9 atom stereocenters. The van der Waals surface area contributed by atoms with Gasteiger partial charge in [-0.15, -0.1) is 0 Å². The third-order valence-corrected chi connectivity index (χ3v) is 13.2. The first-order chi connectivity index (χ1) is 22.1. The standard InChI is InChI=1S/C42H56N2O2/c1-7-30(28(2)3)14-13-29(4)37-21-22-38-36-20-17-32-27-35(23-25-41(32,5)39(36)24-26-42(37,38)6)46-40(45)31-15-18-34(19-16-31)44-43-33-11-9-8-10-12-33/h8-19,28-30,35-39H,7,20-27H2,1-6H3/b14-13+,44-43?/t29-,30-,35?,36+,37?,38+,39+,41+,42-/m1/s1. The molecule has 46 heavy (non-hydrogen) atoms. The van der Waals surface area contributed by atoms with Crippen LogP contribution in [0.1, 0.15) is 110 Å². The second kappa shape index (κ2) is 13.6. The van der Waals surface area contributed by atoms with Gasteiger partial charge in [0.25, 0.3) is 0 Å². The number of benzene rings is 2. The number of hydrogen-bond donors (Lipinski definition) is 0. The normalized spacial score (nSPS) is 33.7. The molecule has 3 fully saturated rings. The second-order valence-electron chi connectivity index (χ2n) is 15.9. The molecule has 4 aliphatic rings. The van der Waals surface area contributed by atoms with Crippen LogP contribution in [0.5, 0.6) is 0 Å². The lowest BCUT2D eigenvalue weighted by Gasteiger charge is -2.58. The van der Waals surface area contributed by atoms with Crippen molar-refractivity contribution in [2.75, 3.05) is 0 Å². The molecule has 246 valence electrons. The number of azo groups is 1. The van der Waals surface area contributed by atoms with E-state index in [9.17, 15) is 4.79 Å². The topological polar surface area (TPSA) is 51.0 Å². The highest BCUT2D eigenvalue weighted by Gasteiger charge is 2.59. The Labute approximate surface area is 278 Å². The summed E-state index contributed by atoms with van der Waals surface area (Å²) in [7, 11) is 0. The Balaban J connectivity index is 1.08. The monoisotopic (exact) mass is 620 g/mol. The van der Waals surface area contributed by atoms with Gasteiger partial charge in [-0.1, -0.05) is 83.5 Å². The summed E-state index contributed by atoms with van der Waals surface area (Å²) in [5.74, 6) is 5.02. The van der Waals surface area contributed by atoms with Gasteiger partial charge in [-0.2, -0.15) is 10.2 Å². The van der Waals surface area contributed by atoms with Crippen molar-refractivity contribution in [1.29, 1.82) is 0 Å². The zero-order valence-electron chi connectivity index (χ0n) is 29.1. The van der Waals surface area contributed by atoms with E-state index in [1.165, 1.54) is 38.5 Å². The number of hydrogen-bond acceptors (Lipinski definition) is 4. The van der Waals surface area contributed by atoms with Gasteiger partial charge >= 0.3 is 5.97 Å². The molecule has 4 aliphatic carbocycles. The molecular weight excluding hydrogens is 564 g/mol. The molecule has 0 aliphatic heterocycles. The highest BCUT2D eigenvalue weighted by molar-refractivity contribution is 5.89. The van der Waals surface area contributed by atoms with Crippen molar-refractivity contribution in [3.63, 3.8) is 0 Å². The quantitative estimate of drug-likeness (QED) is 0.159. The van der Waals surface area contributed by atoms with Gasteiger partial charge in [0.15, 0.2) is 0 Å². The fourth-order valence-electron chi connectivity index (χ4n) is 10.4. The number of esters is 1. The minimum Gasteiger partial charge on any atom is -0.458 e. The molecule has 2 aromatic rings. The summed E-state index contributed by atoms with van der Waals surface area (Å²) >= 11 is 0. The van der Waals surface area contributed by atoms with Crippen LogP contribution in [0.25, 0.3) is 0 Å². The highest BCUT2D eigenvalue weighted by atomic mass is 16.5. The number of carbonyl (C=O) groups is 1. The van der Waals surface area contributed by atoms with Gasteiger partial charge in [0.05, 0.1) is 16.9 Å². The van der Waals surface area contributed by atoms with Crippen molar-refractivity contribution < 1.29 is 9.53 Å². The lowest BCUT2D eigenvalue weighted by molar-refractivity contribution is -0.0565. The van der Waals surface area contributed by atoms with E-state index in [1.807, 2.05) is 42.5 Å². The number of ether oxygens (including phenoxy) is 1. The lowest BCUT2D eigenvalue weighted by Crippen LogP contribution is -2.51. The van der Waals surface area contributed by atoms with E-state index in [0.29, 0.717) is 28.7 Å². The van der Waals surface area contributed by atoms with E-state index in [1.54, 1.807) is 17.7 Å². The number of allylic oxidation sites excluding steroid dienone is 3. The molecule has 0 bridgehead atoms. The molecular formula is C42H56N2O2. The number of carbonyl (C=O) groups excluding carboxylic acids is 1. The Morgan fingerprint density at radius 2 is 1.61 bits per heavy atom. The molecule has 0 saturated heterocycles. The minimum atomic E-state index is -0.235. The molecule has 0 amide bonds. The molecule has 0 spiro atoms. The van der Waals surface area contributed by atoms with Crippen LogP contribution < -0.4 is 0 Å². The van der Waals surface area contributed by atoms with E-state index in [-0.39, 0.29) is 17.5 Å². The summed E-state index contributed by atoms with van der Waals surface area (Å²) in [6.07, 6.45) is 18.6. The molecule has 0 N–H and O–H groups in total. The largest absolute Gasteiger partial charge is 0.458 e. The number of fused-ring (bicyclic) bond motifs is 5. The van der Waals surface area contributed by atoms with Crippen LogP contribution in [-0.4, -0.2) is 12.1 Å². The van der Waals surface area contributed by atoms with Crippen molar-refractivity contribution in [2.24, 2.45) is 62.5 Å². The van der Waals surface area contributed by atoms with Gasteiger partial charge in [-0.05, 0) is 140 Å². The average molecular weight is 621 g/mol. The van der Waals surface area contributed by atoms with Crippen LogP contribution >= 0.6 is 0 Å². The van der Waals surface area contributed by atoms with Crippen molar-refractivity contribution in [3.05, 3.63) is 84.0 Å². The minimum absolute atomic E-state index is 0.0454. The summed E-state index contributed by atoms with van der Waals surface area (Å²) in [5, 5.41) is 8.57. The Hall–Kier alpha value is -3.01. The van der Waals surface area contributed by atoms with Crippen LogP contribution in [0.15, 0.2) is 88.6 Å². The lowest BCUT2D eigenvalue weighted by atomic mass is 9.47. The molecule has 4 nitrogen and oxygen atoms in total. The van der Waals surface area contributed by atoms with E-state index in [2.05, 4.69) is 70.0 Å². The fraction of sp³-hybridized carbons (Fsp3) is 0.595. The van der Waals surface area contributed by atoms with Crippen molar-refractivity contribution in [3.8, 4) is 0 Å². The van der Waals surface area contributed by atoms with E-state index in [4.69, 9.17) is 4.74 Å². The average Bonchev–Trinajstić information content (AvgIpc) is 3.42. The van der Waals surface area contributed by atoms with Gasteiger partial charge in [0.1, 0.15) is 6.10 Å². The van der Waals surface area contributed by atoms with E-state index < -0.39 is 0 Å². The maximum atomic E-state index is 13.2. The molecule has 0 aromatic heterocycles. The fourth-order valence-corrected chi connectivity index (χ4v) is 10.4. The summed E-state index contributed by atoms with van der Waals surface area (Å²) in [6.45, 7) is 14.8. The summed E-state index contributed by atoms with van der Waals surface area (Å²) in [5.41, 5.74) is 4.35. The van der Waals surface area contributed by atoms with Gasteiger partial charge in [-0.3, -0.25) is 0 Å². The Bertz CT molecular complexity index is 1440. The Morgan fingerprint density at radius 3 is 2.30 bits per heavy atom. The van der Waals surface area contributed by atoms with Crippen LogP contribution in [0.2, 0.25) is 0 Å². The van der Waals surface area contributed by atoms with Crippen molar-refractivity contribution in [1.82, 2.24) is 0 Å².